The number of ether oxygens (including phenoxy) is 1. The molecule has 0 aromatic heterocycles. The first-order chi connectivity index (χ1) is 9.79. The van der Waals surface area contributed by atoms with E-state index < -0.39 is 0 Å². The molecule has 1 aliphatic carbocycles. The highest BCUT2D eigenvalue weighted by atomic mass is 16.5. The first kappa shape index (κ1) is 14.9. The van der Waals surface area contributed by atoms with E-state index in [2.05, 4.69) is 5.32 Å². The third kappa shape index (κ3) is 4.53. The van der Waals surface area contributed by atoms with Crippen LogP contribution in [0.3, 0.4) is 0 Å². The molecule has 0 spiro atoms. The molecule has 1 fully saturated rings. The van der Waals surface area contributed by atoms with Crippen molar-refractivity contribution in [3.63, 3.8) is 0 Å². The molecule has 0 heterocycles. The molecular weight excluding hydrogens is 254 g/mol. The number of hydrogen-bond donors (Lipinski definition) is 2. The molecule has 0 unspecified atom stereocenters. The molecule has 1 aromatic carbocycles. The van der Waals surface area contributed by atoms with E-state index >= 15 is 0 Å². The number of rotatable bonds is 6. The smallest absolute Gasteiger partial charge is 0.251 e. The standard InChI is InChI=1S/C16H23NO3/c18-11-10-17-16(19)14-6-8-15(9-7-14)20-12-13-4-2-1-3-5-13/h6-9,13,18H,1-5,10-12H2,(H,17,19). The molecule has 1 amide bonds. The van der Waals surface area contributed by atoms with Crippen LogP contribution in [-0.4, -0.2) is 30.8 Å². The minimum Gasteiger partial charge on any atom is -0.493 e. The summed E-state index contributed by atoms with van der Waals surface area (Å²) >= 11 is 0. The lowest BCUT2D eigenvalue weighted by atomic mass is 9.90. The van der Waals surface area contributed by atoms with Crippen molar-refractivity contribution in [1.29, 1.82) is 0 Å². The predicted molar refractivity (Wildman–Crippen MR) is 77.9 cm³/mol. The van der Waals surface area contributed by atoms with Crippen LogP contribution in [-0.2, 0) is 0 Å². The summed E-state index contributed by atoms with van der Waals surface area (Å²) < 4.78 is 5.79. The number of nitrogens with one attached hydrogen (secondary N) is 1. The van der Waals surface area contributed by atoms with Gasteiger partial charge in [-0.3, -0.25) is 4.79 Å². The van der Waals surface area contributed by atoms with Crippen molar-refractivity contribution in [2.45, 2.75) is 32.1 Å². The fraction of sp³-hybridized carbons (Fsp3) is 0.562. The Bertz CT molecular complexity index is 410. The molecule has 1 aromatic rings. The van der Waals surface area contributed by atoms with Crippen LogP contribution in [0.25, 0.3) is 0 Å². The largest absolute Gasteiger partial charge is 0.493 e. The van der Waals surface area contributed by atoms with E-state index in [-0.39, 0.29) is 19.1 Å². The number of carbonyl (C=O) groups is 1. The Morgan fingerprint density at radius 3 is 2.55 bits per heavy atom. The van der Waals surface area contributed by atoms with Gasteiger partial charge < -0.3 is 15.2 Å². The van der Waals surface area contributed by atoms with Gasteiger partial charge >= 0.3 is 0 Å². The molecule has 4 nitrogen and oxygen atoms in total. The van der Waals surface area contributed by atoms with E-state index in [0.29, 0.717) is 11.5 Å². The Morgan fingerprint density at radius 2 is 1.90 bits per heavy atom. The van der Waals surface area contributed by atoms with Crippen molar-refractivity contribution >= 4 is 5.91 Å². The van der Waals surface area contributed by atoms with Crippen molar-refractivity contribution in [3.8, 4) is 5.75 Å². The molecule has 1 aliphatic rings. The van der Waals surface area contributed by atoms with Gasteiger partial charge in [0, 0.05) is 12.1 Å². The molecule has 4 heteroatoms. The van der Waals surface area contributed by atoms with Gasteiger partial charge in [-0.25, -0.2) is 0 Å². The SMILES string of the molecule is O=C(NCCO)c1ccc(OCC2CCCCC2)cc1. The highest BCUT2D eigenvalue weighted by Gasteiger charge is 2.14. The molecule has 2 N–H and O–H groups in total. The summed E-state index contributed by atoms with van der Waals surface area (Å²) in [4.78, 5) is 11.7. The number of carbonyl (C=O) groups excluding carboxylic acids is 1. The van der Waals surface area contributed by atoms with Crippen molar-refractivity contribution in [2.75, 3.05) is 19.8 Å². The number of benzene rings is 1. The van der Waals surface area contributed by atoms with Gasteiger partial charge in [-0.05, 0) is 43.0 Å². The summed E-state index contributed by atoms with van der Waals surface area (Å²) in [6, 6.07) is 7.17. The van der Waals surface area contributed by atoms with Crippen molar-refractivity contribution in [2.24, 2.45) is 5.92 Å². The fourth-order valence-electron chi connectivity index (χ4n) is 2.54. The maximum absolute atomic E-state index is 11.7. The summed E-state index contributed by atoms with van der Waals surface area (Å²) in [6.45, 7) is 1.00. The van der Waals surface area contributed by atoms with Crippen LogP contribution in [0.15, 0.2) is 24.3 Å². The molecule has 110 valence electrons. The van der Waals surface area contributed by atoms with Crippen molar-refractivity contribution in [3.05, 3.63) is 29.8 Å². The molecule has 1 saturated carbocycles. The second-order valence-corrected chi connectivity index (χ2v) is 5.32. The molecule has 20 heavy (non-hydrogen) atoms. The van der Waals surface area contributed by atoms with E-state index in [4.69, 9.17) is 9.84 Å². The first-order valence-corrected chi connectivity index (χ1v) is 7.41. The van der Waals surface area contributed by atoms with Gasteiger partial charge in [0.1, 0.15) is 5.75 Å². The molecule has 2 rings (SSSR count). The van der Waals surface area contributed by atoms with Gasteiger partial charge in [0.05, 0.1) is 13.2 Å². The van der Waals surface area contributed by atoms with E-state index in [1.807, 2.05) is 12.1 Å². The topological polar surface area (TPSA) is 58.6 Å². The van der Waals surface area contributed by atoms with E-state index in [1.165, 1.54) is 32.1 Å². The summed E-state index contributed by atoms with van der Waals surface area (Å²) in [5.74, 6) is 1.32. The zero-order chi connectivity index (χ0) is 14.2. The van der Waals surface area contributed by atoms with E-state index in [1.54, 1.807) is 12.1 Å². The normalized spacial score (nSPS) is 15.8. The second-order valence-electron chi connectivity index (χ2n) is 5.32. The maximum Gasteiger partial charge on any atom is 0.251 e. The van der Waals surface area contributed by atoms with Crippen LogP contribution < -0.4 is 10.1 Å². The van der Waals surface area contributed by atoms with Crippen molar-refractivity contribution < 1.29 is 14.6 Å². The molecule has 0 bridgehead atoms. The monoisotopic (exact) mass is 277 g/mol. The van der Waals surface area contributed by atoms with Crippen LogP contribution in [0.1, 0.15) is 42.5 Å². The summed E-state index contributed by atoms with van der Waals surface area (Å²) in [5.41, 5.74) is 0.587. The lowest BCUT2D eigenvalue weighted by molar-refractivity contribution is 0.0944. The Balaban J connectivity index is 1.80. The van der Waals surface area contributed by atoms with Crippen LogP contribution in [0.2, 0.25) is 0 Å². The first-order valence-electron chi connectivity index (χ1n) is 7.41. The highest BCUT2D eigenvalue weighted by Crippen LogP contribution is 2.24. The third-order valence-corrected chi connectivity index (χ3v) is 3.72. The minimum absolute atomic E-state index is 0.0473. The number of aliphatic hydroxyl groups is 1. The highest BCUT2D eigenvalue weighted by molar-refractivity contribution is 5.94. The Labute approximate surface area is 120 Å². The number of aliphatic hydroxyl groups excluding tert-OH is 1. The zero-order valence-electron chi connectivity index (χ0n) is 11.8. The molecular formula is C16H23NO3. The van der Waals surface area contributed by atoms with Gasteiger partial charge in [-0.1, -0.05) is 19.3 Å². The van der Waals surface area contributed by atoms with Crippen LogP contribution >= 0.6 is 0 Å². The average Bonchev–Trinajstić information content (AvgIpc) is 2.52. The minimum atomic E-state index is -0.169. The van der Waals surface area contributed by atoms with Gasteiger partial charge in [0.2, 0.25) is 0 Å². The van der Waals surface area contributed by atoms with E-state index in [9.17, 15) is 4.79 Å². The van der Waals surface area contributed by atoms with Gasteiger partial charge in [-0.2, -0.15) is 0 Å². The Hall–Kier alpha value is -1.55. The van der Waals surface area contributed by atoms with Gasteiger partial charge in [-0.15, -0.1) is 0 Å². The summed E-state index contributed by atoms with van der Waals surface area (Å²) in [6.07, 6.45) is 6.52. The lowest BCUT2D eigenvalue weighted by Crippen LogP contribution is -2.26. The molecule has 0 radical (unpaired) electrons. The van der Waals surface area contributed by atoms with Crippen LogP contribution in [0, 0.1) is 5.92 Å². The fourth-order valence-corrected chi connectivity index (χ4v) is 2.54. The lowest BCUT2D eigenvalue weighted by Gasteiger charge is -2.21. The average molecular weight is 277 g/mol. The van der Waals surface area contributed by atoms with Crippen LogP contribution in [0.5, 0.6) is 5.75 Å². The molecule has 0 aliphatic heterocycles. The number of amides is 1. The van der Waals surface area contributed by atoms with Gasteiger partial charge in [0.15, 0.2) is 0 Å². The zero-order valence-corrected chi connectivity index (χ0v) is 11.8. The number of hydrogen-bond acceptors (Lipinski definition) is 3. The second kappa shape index (κ2) is 7.90. The Morgan fingerprint density at radius 1 is 1.20 bits per heavy atom. The summed E-state index contributed by atoms with van der Waals surface area (Å²) in [5, 5.41) is 11.3. The Kier molecular flexibility index (Phi) is 5.87. The third-order valence-electron chi connectivity index (χ3n) is 3.72. The quantitative estimate of drug-likeness (QED) is 0.839. The predicted octanol–water partition coefficient (Wildman–Crippen LogP) is 2.37. The molecule has 0 atom stereocenters. The summed E-state index contributed by atoms with van der Waals surface area (Å²) in [7, 11) is 0. The van der Waals surface area contributed by atoms with Crippen molar-refractivity contribution in [1.82, 2.24) is 5.32 Å². The molecule has 0 saturated heterocycles. The van der Waals surface area contributed by atoms with Crippen LogP contribution in [0.4, 0.5) is 0 Å². The van der Waals surface area contributed by atoms with Gasteiger partial charge in [0.25, 0.3) is 5.91 Å². The van der Waals surface area contributed by atoms with E-state index in [0.717, 1.165) is 12.4 Å². The maximum atomic E-state index is 11.7.